The molecule has 4 rings (SSSR count). The molecule has 0 spiro atoms. The summed E-state index contributed by atoms with van der Waals surface area (Å²) in [7, 11) is -2.47. The van der Waals surface area contributed by atoms with Crippen LogP contribution in [-0.4, -0.2) is 52.3 Å². The van der Waals surface area contributed by atoms with E-state index in [0.717, 1.165) is 10.6 Å². The number of sulfonamides is 1. The summed E-state index contributed by atoms with van der Waals surface area (Å²) in [5, 5.41) is 5.70. The molecule has 11 heteroatoms. The monoisotopic (exact) mass is 607 g/mol. The van der Waals surface area contributed by atoms with Gasteiger partial charge in [-0.1, -0.05) is 18.1 Å². The fourth-order valence-electron chi connectivity index (χ4n) is 4.61. The second-order valence-corrected chi connectivity index (χ2v) is 12.3. The maximum Gasteiger partial charge on any atom is 0.255 e. The standard InChI is InChI=1S/C32H31F2N3O5S/c1-6-32(2,3)36-30(38)22-10-7-9-21(17-22)24-18-25-27(19-26(24)37(16-8-15-33)43(5,40)41)42-29(28(25)31(39)35-4)20-11-13-23(34)14-12-20/h1,7,9-14,17-19H,8,15-16H2,2-5H3,(H,35,39)(H,36,38). The van der Waals surface area contributed by atoms with Crippen LogP contribution in [0.3, 0.4) is 0 Å². The quantitative estimate of drug-likeness (QED) is 0.231. The van der Waals surface area contributed by atoms with Gasteiger partial charge in [-0.3, -0.25) is 18.3 Å². The molecule has 224 valence electrons. The van der Waals surface area contributed by atoms with Crippen LogP contribution in [-0.2, 0) is 10.0 Å². The Bertz CT molecular complexity index is 1840. The molecule has 0 saturated heterocycles. The molecule has 0 aliphatic heterocycles. The number of halogens is 2. The molecule has 2 amide bonds. The average molecular weight is 608 g/mol. The van der Waals surface area contributed by atoms with E-state index in [1.165, 1.54) is 37.4 Å². The highest BCUT2D eigenvalue weighted by Gasteiger charge is 2.28. The van der Waals surface area contributed by atoms with Gasteiger partial charge in [-0.2, -0.15) is 0 Å². The molecule has 3 aromatic carbocycles. The third-order valence-corrected chi connectivity index (χ3v) is 7.93. The summed E-state index contributed by atoms with van der Waals surface area (Å²) in [4.78, 5) is 26.2. The van der Waals surface area contributed by atoms with Crippen LogP contribution in [0.5, 0.6) is 0 Å². The number of rotatable bonds is 10. The van der Waals surface area contributed by atoms with Crippen molar-refractivity contribution in [2.45, 2.75) is 25.8 Å². The van der Waals surface area contributed by atoms with Crippen LogP contribution in [0.15, 0.2) is 65.1 Å². The van der Waals surface area contributed by atoms with E-state index in [2.05, 4.69) is 16.6 Å². The predicted molar refractivity (Wildman–Crippen MR) is 164 cm³/mol. The molecule has 0 aliphatic carbocycles. The lowest BCUT2D eigenvalue weighted by Gasteiger charge is -2.25. The van der Waals surface area contributed by atoms with Crippen LogP contribution in [0.4, 0.5) is 14.5 Å². The maximum absolute atomic E-state index is 13.7. The highest BCUT2D eigenvalue weighted by molar-refractivity contribution is 7.92. The Balaban J connectivity index is 2.04. The third-order valence-electron chi connectivity index (χ3n) is 6.75. The van der Waals surface area contributed by atoms with E-state index in [9.17, 15) is 26.8 Å². The Labute approximate surface area is 249 Å². The van der Waals surface area contributed by atoms with E-state index in [-0.39, 0.29) is 41.1 Å². The van der Waals surface area contributed by atoms with Crippen molar-refractivity contribution < 1.29 is 31.2 Å². The number of nitrogens with one attached hydrogen (secondary N) is 2. The number of nitrogens with zero attached hydrogens (tertiary/aromatic N) is 1. The summed E-state index contributed by atoms with van der Waals surface area (Å²) < 4.78 is 60.1. The number of hydrogen-bond acceptors (Lipinski definition) is 5. The van der Waals surface area contributed by atoms with E-state index < -0.39 is 39.9 Å². The van der Waals surface area contributed by atoms with Crippen LogP contribution in [0.1, 0.15) is 41.0 Å². The van der Waals surface area contributed by atoms with Gasteiger partial charge in [0.1, 0.15) is 17.2 Å². The molecule has 1 aromatic heterocycles. The number of amides is 2. The molecule has 0 radical (unpaired) electrons. The van der Waals surface area contributed by atoms with Gasteiger partial charge in [0.2, 0.25) is 10.0 Å². The van der Waals surface area contributed by atoms with Gasteiger partial charge in [0.15, 0.2) is 0 Å². The maximum atomic E-state index is 13.7. The Hall–Kier alpha value is -4.69. The molecule has 0 unspecified atom stereocenters. The van der Waals surface area contributed by atoms with Crippen molar-refractivity contribution in [2.75, 3.05) is 30.8 Å². The van der Waals surface area contributed by atoms with Crippen molar-refractivity contribution >= 4 is 38.5 Å². The topological polar surface area (TPSA) is 109 Å². The molecule has 0 fully saturated rings. The van der Waals surface area contributed by atoms with Crippen molar-refractivity contribution in [3.8, 4) is 34.8 Å². The predicted octanol–water partition coefficient (Wildman–Crippen LogP) is 5.53. The number of furan rings is 1. The van der Waals surface area contributed by atoms with E-state index in [1.807, 2.05) is 0 Å². The Kier molecular flexibility index (Phi) is 8.92. The van der Waals surface area contributed by atoms with Gasteiger partial charge in [-0.15, -0.1) is 6.42 Å². The Morgan fingerprint density at radius 1 is 1.05 bits per heavy atom. The fourth-order valence-corrected chi connectivity index (χ4v) is 5.58. The summed E-state index contributed by atoms with van der Waals surface area (Å²) >= 11 is 0. The molecule has 4 aromatic rings. The molecule has 1 heterocycles. The van der Waals surface area contributed by atoms with Crippen LogP contribution in [0, 0.1) is 18.2 Å². The number of anilines is 1. The zero-order valence-corrected chi connectivity index (χ0v) is 24.9. The lowest BCUT2D eigenvalue weighted by molar-refractivity contribution is 0.0928. The fraction of sp³-hybridized carbons (Fsp3) is 0.250. The summed E-state index contributed by atoms with van der Waals surface area (Å²) in [6, 6.07) is 14.9. The molecule has 0 atom stereocenters. The van der Waals surface area contributed by atoms with Crippen LogP contribution < -0.4 is 14.9 Å². The van der Waals surface area contributed by atoms with E-state index >= 15 is 0 Å². The molecular weight excluding hydrogens is 576 g/mol. The molecule has 0 aliphatic rings. The molecule has 0 bridgehead atoms. The highest BCUT2D eigenvalue weighted by Crippen LogP contribution is 2.42. The van der Waals surface area contributed by atoms with Crippen molar-refractivity contribution in [3.63, 3.8) is 0 Å². The van der Waals surface area contributed by atoms with Crippen LogP contribution in [0.25, 0.3) is 33.4 Å². The summed E-state index contributed by atoms with van der Waals surface area (Å²) in [5.74, 6) is 1.25. The SMILES string of the molecule is C#CC(C)(C)NC(=O)c1cccc(-c2cc3c(C(=O)NC)c(-c4ccc(F)cc4)oc3cc2N(CCCF)S(C)(=O)=O)c1. The molecular formula is C32H31F2N3O5S. The lowest BCUT2D eigenvalue weighted by atomic mass is 9.96. The van der Waals surface area contributed by atoms with Gasteiger partial charge in [0.25, 0.3) is 11.8 Å². The van der Waals surface area contributed by atoms with Gasteiger partial charge in [0, 0.05) is 41.7 Å². The van der Waals surface area contributed by atoms with Crippen LogP contribution >= 0.6 is 0 Å². The summed E-state index contributed by atoms with van der Waals surface area (Å²) in [6.07, 6.45) is 6.46. The first-order valence-electron chi connectivity index (χ1n) is 13.3. The minimum atomic E-state index is -3.92. The third kappa shape index (κ3) is 6.70. The van der Waals surface area contributed by atoms with Crippen LogP contribution in [0.2, 0.25) is 0 Å². The Morgan fingerprint density at radius 3 is 2.35 bits per heavy atom. The van der Waals surface area contributed by atoms with Crippen molar-refractivity contribution in [3.05, 3.63) is 77.6 Å². The minimum Gasteiger partial charge on any atom is -0.455 e. The van der Waals surface area contributed by atoms with Gasteiger partial charge in [-0.25, -0.2) is 12.8 Å². The second-order valence-electron chi connectivity index (χ2n) is 10.4. The largest absolute Gasteiger partial charge is 0.455 e. The second kappa shape index (κ2) is 12.3. The molecule has 2 N–H and O–H groups in total. The number of hydrogen-bond donors (Lipinski definition) is 2. The smallest absolute Gasteiger partial charge is 0.255 e. The van der Waals surface area contributed by atoms with Gasteiger partial charge < -0.3 is 15.1 Å². The zero-order valence-electron chi connectivity index (χ0n) is 24.1. The Morgan fingerprint density at radius 2 is 1.74 bits per heavy atom. The van der Waals surface area contributed by atoms with E-state index in [1.54, 1.807) is 44.2 Å². The molecule has 8 nitrogen and oxygen atoms in total. The normalized spacial score (nSPS) is 11.7. The number of fused-ring (bicyclic) bond motifs is 1. The van der Waals surface area contributed by atoms with E-state index in [4.69, 9.17) is 10.8 Å². The lowest BCUT2D eigenvalue weighted by Crippen LogP contribution is -2.42. The van der Waals surface area contributed by atoms with Crippen molar-refractivity contribution in [1.82, 2.24) is 10.6 Å². The van der Waals surface area contributed by atoms with Crippen molar-refractivity contribution in [1.29, 1.82) is 0 Å². The van der Waals surface area contributed by atoms with Gasteiger partial charge in [0.05, 0.1) is 29.7 Å². The minimum absolute atomic E-state index is 0.0728. The number of carbonyl (C=O) groups excluding carboxylic acids is 2. The highest BCUT2D eigenvalue weighted by atomic mass is 32.2. The number of carbonyl (C=O) groups is 2. The zero-order chi connectivity index (χ0) is 31.5. The first-order chi connectivity index (χ1) is 20.3. The number of benzene rings is 3. The van der Waals surface area contributed by atoms with E-state index in [0.29, 0.717) is 22.1 Å². The van der Waals surface area contributed by atoms with Crippen molar-refractivity contribution in [2.24, 2.45) is 0 Å². The average Bonchev–Trinajstić information content (AvgIpc) is 3.34. The number of terminal acetylenes is 1. The first kappa shape index (κ1) is 31.3. The van der Waals surface area contributed by atoms with Gasteiger partial charge >= 0.3 is 0 Å². The molecule has 43 heavy (non-hydrogen) atoms. The first-order valence-corrected chi connectivity index (χ1v) is 15.2. The summed E-state index contributed by atoms with van der Waals surface area (Å²) in [6.45, 7) is 2.43. The van der Waals surface area contributed by atoms with Gasteiger partial charge in [-0.05, 0) is 68.3 Å². The number of alkyl halides is 1. The molecule has 0 saturated carbocycles. The summed E-state index contributed by atoms with van der Waals surface area (Å²) in [5.41, 5.74) is 1.04.